The van der Waals surface area contributed by atoms with Crippen molar-refractivity contribution in [3.05, 3.63) is 57.7 Å². The lowest BCUT2D eigenvalue weighted by Gasteiger charge is -2.19. The molecule has 0 spiro atoms. The van der Waals surface area contributed by atoms with E-state index in [2.05, 4.69) is 5.32 Å². The van der Waals surface area contributed by atoms with Crippen molar-refractivity contribution in [3.8, 4) is 0 Å². The number of benzene rings is 1. The number of nitrogens with one attached hydrogen (secondary N) is 1. The Morgan fingerprint density at radius 2 is 1.89 bits per heavy atom. The normalized spacial score (nSPS) is 11.6. The molecule has 0 radical (unpaired) electrons. The van der Waals surface area contributed by atoms with Crippen molar-refractivity contribution >= 4 is 33.2 Å². The van der Waals surface area contributed by atoms with Gasteiger partial charge in [-0.25, -0.2) is 12.8 Å². The number of anilines is 1. The summed E-state index contributed by atoms with van der Waals surface area (Å²) in [5.41, 5.74) is -0.368. The SMILES string of the molecule is CCN(CC)S(=O)(=O)c1ccc(=O)n(CC(=O)Nc2ccc(Cl)c(F)c2)c1. The Bertz CT molecular complexity index is 1000. The third-order valence-corrected chi connectivity index (χ3v) is 6.16. The van der Waals surface area contributed by atoms with Gasteiger partial charge in [-0.2, -0.15) is 4.31 Å². The van der Waals surface area contributed by atoms with Crippen molar-refractivity contribution in [1.29, 1.82) is 0 Å². The standard InChI is InChI=1S/C17H19ClFN3O4S/c1-3-22(4-2)27(25,26)13-6-8-17(24)21(10-13)11-16(23)20-12-5-7-14(18)15(19)9-12/h5-10H,3-4,11H2,1-2H3,(H,20,23). The highest BCUT2D eigenvalue weighted by atomic mass is 35.5. The highest BCUT2D eigenvalue weighted by Gasteiger charge is 2.22. The average Bonchev–Trinajstić information content (AvgIpc) is 2.60. The molecule has 2 rings (SSSR count). The maximum absolute atomic E-state index is 13.4. The number of hydrogen-bond donors (Lipinski definition) is 1. The fourth-order valence-corrected chi connectivity index (χ4v) is 4.02. The Morgan fingerprint density at radius 3 is 2.48 bits per heavy atom. The van der Waals surface area contributed by atoms with Gasteiger partial charge in [0.15, 0.2) is 0 Å². The van der Waals surface area contributed by atoms with E-state index < -0.39 is 33.9 Å². The van der Waals surface area contributed by atoms with Crippen LogP contribution in [-0.4, -0.2) is 36.3 Å². The van der Waals surface area contributed by atoms with E-state index in [0.717, 1.165) is 22.9 Å². The summed E-state index contributed by atoms with van der Waals surface area (Å²) in [6.07, 6.45) is 1.12. The van der Waals surface area contributed by atoms with E-state index in [4.69, 9.17) is 11.6 Å². The molecule has 0 fully saturated rings. The summed E-state index contributed by atoms with van der Waals surface area (Å²) in [5, 5.41) is 2.35. The summed E-state index contributed by atoms with van der Waals surface area (Å²) < 4.78 is 40.8. The molecular weight excluding hydrogens is 397 g/mol. The van der Waals surface area contributed by atoms with E-state index >= 15 is 0 Å². The second kappa shape index (κ2) is 8.64. The van der Waals surface area contributed by atoms with Gasteiger partial charge in [-0.05, 0) is 24.3 Å². The van der Waals surface area contributed by atoms with E-state index in [1.165, 1.54) is 22.5 Å². The van der Waals surface area contributed by atoms with Crippen molar-refractivity contribution in [2.24, 2.45) is 0 Å². The van der Waals surface area contributed by atoms with Gasteiger partial charge in [0.25, 0.3) is 5.56 Å². The number of carbonyl (C=O) groups excluding carboxylic acids is 1. The number of halogens is 2. The molecule has 0 saturated heterocycles. The minimum absolute atomic E-state index is 0.0847. The number of rotatable bonds is 7. The Labute approximate surface area is 161 Å². The first kappa shape index (κ1) is 21.1. The van der Waals surface area contributed by atoms with Gasteiger partial charge in [-0.3, -0.25) is 9.59 Å². The van der Waals surface area contributed by atoms with E-state index in [9.17, 15) is 22.4 Å². The molecule has 0 atom stereocenters. The second-order valence-electron chi connectivity index (χ2n) is 5.60. The van der Waals surface area contributed by atoms with Crippen molar-refractivity contribution in [2.45, 2.75) is 25.3 Å². The minimum Gasteiger partial charge on any atom is -0.324 e. The van der Waals surface area contributed by atoms with Crippen molar-refractivity contribution < 1.29 is 17.6 Å². The lowest BCUT2D eigenvalue weighted by atomic mass is 10.3. The number of aromatic nitrogens is 1. The van der Waals surface area contributed by atoms with E-state index in [1.54, 1.807) is 13.8 Å². The van der Waals surface area contributed by atoms with Gasteiger partial charge >= 0.3 is 0 Å². The van der Waals surface area contributed by atoms with Crippen LogP contribution in [0.5, 0.6) is 0 Å². The predicted octanol–water partition coefficient (Wildman–Crippen LogP) is 2.31. The van der Waals surface area contributed by atoms with Crippen LogP contribution >= 0.6 is 11.6 Å². The molecule has 0 bridgehead atoms. The molecule has 1 N–H and O–H groups in total. The number of pyridine rings is 1. The molecule has 1 aromatic carbocycles. The summed E-state index contributed by atoms with van der Waals surface area (Å²) in [6, 6.07) is 6.04. The predicted molar refractivity (Wildman–Crippen MR) is 101 cm³/mol. The largest absolute Gasteiger partial charge is 0.324 e. The van der Waals surface area contributed by atoms with Gasteiger partial charge in [0.1, 0.15) is 12.4 Å². The molecular formula is C17H19ClFN3O4S. The van der Waals surface area contributed by atoms with Crippen LogP contribution in [0, 0.1) is 5.82 Å². The average molecular weight is 416 g/mol. The van der Waals surface area contributed by atoms with Crippen LogP contribution in [0.4, 0.5) is 10.1 Å². The Hall–Kier alpha value is -2.23. The zero-order valence-corrected chi connectivity index (χ0v) is 16.3. The van der Waals surface area contributed by atoms with Gasteiger partial charge in [0, 0.05) is 31.0 Å². The van der Waals surface area contributed by atoms with Crippen LogP contribution in [0.2, 0.25) is 5.02 Å². The molecule has 0 saturated carbocycles. The van der Waals surface area contributed by atoms with Crippen LogP contribution in [0.15, 0.2) is 46.2 Å². The maximum atomic E-state index is 13.4. The number of amides is 1. The van der Waals surface area contributed by atoms with Gasteiger partial charge in [0.05, 0.1) is 9.92 Å². The molecule has 1 aromatic heterocycles. The molecule has 2 aromatic rings. The van der Waals surface area contributed by atoms with Crippen LogP contribution in [-0.2, 0) is 21.4 Å². The zero-order chi connectivity index (χ0) is 20.2. The number of carbonyl (C=O) groups is 1. The molecule has 0 aliphatic heterocycles. The highest BCUT2D eigenvalue weighted by molar-refractivity contribution is 7.89. The fraction of sp³-hybridized carbons (Fsp3) is 0.294. The van der Waals surface area contributed by atoms with E-state index in [0.29, 0.717) is 0 Å². The summed E-state index contributed by atoms with van der Waals surface area (Å²) in [6.45, 7) is 3.54. The third kappa shape index (κ3) is 4.94. The summed E-state index contributed by atoms with van der Waals surface area (Å²) in [7, 11) is -3.77. The van der Waals surface area contributed by atoms with Crippen LogP contribution in [0.1, 0.15) is 13.8 Å². The quantitative estimate of drug-likeness (QED) is 0.751. The molecule has 7 nitrogen and oxygen atoms in total. The van der Waals surface area contributed by atoms with Crippen LogP contribution in [0.25, 0.3) is 0 Å². The van der Waals surface area contributed by atoms with E-state index in [-0.39, 0.29) is 28.7 Å². The highest BCUT2D eigenvalue weighted by Crippen LogP contribution is 2.19. The molecule has 1 heterocycles. The summed E-state index contributed by atoms with van der Waals surface area (Å²) in [4.78, 5) is 24.1. The fourth-order valence-electron chi connectivity index (χ4n) is 2.43. The monoisotopic (exact) mass is 415 g/mol. The van der Waals surface area contributed by atoms with Crippen LogP contribution < -0.4 is 10.9 Å². The molecule has 10 heteroatoms. The first-order valence-corrected chi connectivity index (χ1v) is 9.96. The Kier molecular flexibility index (Phi) is 6.74. The van der Waals surface area contributed by atoms with Gasteiger partial charge < -0.3 is 9.88 Å². The van der Waals surface area contributed by atoms with Gasteiger partial charge in [-0.15, -0.1) is 0 Å². The van der Waals surface area contributed by atoms with Gasteiger partial charge in [0.2, 0.25) is 15.9 Å². The Balaban J connectivity index is 2.24. The second-order valence-corrected chi connectivity index (χ2v) is 7.94. The molecule has 27 heavy (non-hydrogen) atoms. The zero-order valence-electron chi connectivity index (χ0n) is 14.8. The molecule has 0 aliphatic rings. The van der Waals surface area contributed by atoms with Crippen molar-refractivity contribution in [3.63, 3.8) is 0 Å². The molecule has 1 amide bonds. The minimum atomic E-state index is -3.77. The lowest BCUT2D eigenvalue weighted by Crippen LogP contribution is -2.33. The molecule has 0 aliphatic carbocycles. The lowest BCUT2D eigenvalue weighted by molar-refractivity contribution is -0.116. The van der Waals surface area contributed by atoms with Gasteiger partial charge in [-0.1, -0.05) is 25.4 Å². The topological polar surface area (TPSA) is 88.5 Å². The van der Waals surface area contributed by atoms with Crippen molar-refractivity contribution in [2.75, 3.05) is 18.4 Å². The molecule has 146 valence electrons. The molecule has 0 unspecified atom stereocenters. The first-order chi connectivity index (χ1) is 12.7. The third-order valence-electron chi connectivity index (χ3n) is 3.82. The summed E-state index contributed by atoms with van der Waals surface area (Å²) >= 11 is 5.58. The summed E-state index contributed by atoms with van der Waals surface area (Å²) in [5.74, 6) is -1.31. The Morgan fingerprint density at radius 1 is 1.22 bits per heavy atom. The first-order valence-electron chi connectivity index (χ1n) is 8.14. The maximum Gasteiger partial charge on any atom is 0.251 e. The number of sulfonamides is 1. The van der Waals surface area contributed by atoms with Crippen LogP contribution in [0.3, 0.4) is 0 Å². The van der Waals surface area contributed by atoms with E-state index in [1.807, 2.05) is 0 Å². The number of hydrogen-bond acceptors (Lipinski definition) is 4. The van der Waals surface area contributed by atoms with Crippen molar-refractivity contribution in [1.82, 2.24) is 8.87 Å². The number of nitrogens with zero attached hydrogens (tertiary/aromatic N) is 2. The smallest absolute Gasteiger partial charge is 0.251 e.